The van der Waals surface area contributed by atoms with Crippen LogP contribution in [0.5, 0.6) is 5.75 Å². The summed E-state index contributed by atoms with van der Waals surface area (Å²) < 4.78 is 5.21. The van der Waals surface area contributed by atoms with Gasteiger partial charge in [0.2, 0.25) is 0 Å². The lowest BCUT2D eigenvalue weighted by atomic mass is 9.97. The van der Waals surface area contributed by atoms with Gasteiger partial charge in [0.15, 0.2) is 0 Å². The Bertz CT molecular complexity index is 585. The van der Waals surface area contributed by atoms with Crippen molar-refractivity contribution in [2.75, 3.05) is 7.11 Å². The number of carbonyl (C=O) groups is 1. The molecule has 0 saturated heterocycles. The van der Waals surface area contributed by atoms with Crippen molar-refractivity contribution in [3.8, 4) is 5.75 Å². The second-order valence-corrected chi connectivity index (χ2v) is 4.99. The molecule has 94 valence electrons. The van der Waals surface area contributed by atoms with Gasteiger partial charge in [0, 0.05) is 35.5 Å². The van der Waals surface area contributed by atoms with Gasteiger partial charge in [-0.25, -0.2) is 0 Å². The van der Waals surface area contributed by atoms with Crippen molar-refractivity contribution in [2.45, 2.75) is 25.7 Å². The fourth-order valence-electron chi connectivity index (χ4n) is 2.83. The van der Waals surface area contributed by atoms with E-state index < -0.39 is 0 Å². The Morgan fingerprint density at radius 2 is 2.33 bits per heavy atom. The van der Waals surface area contributed by atoms with Crippen LogP contribution in [0, 0.1) is 5.92 Å². The van der Waals surface area contributed by atoms with Crippen molar-refractivity contribution in [3.63, 3.8) is 0 Å². The lowest BCUT2D eigenvalue weighted by Crippen LogP contribution is -2.09. The maximum absolute atomic E-state index is 11.7. The van der Waals surface area contributed by atoms with Crippen molar-refractivity contribution < 1.29 is 9.53 Å². The Kier molecular flexibility index (Phi) is 2.82. The van der Waals surface area contributed by atoms with Gasteiger partial charge in [0.1, 0.15) is 11.5 Å². The fourth-order valence-corrected chi connectivity index (χ4v) is 2.83. The van der Waals surface area contributed by atoms with Crippen molar-refractivity contribution in [2.24, 2.45) is 5.92 Å². The molecule has 3 heteroatoms. The Balaban J connectivity index is 1.90. The van der Waals surface area contributed by atoms with Crippen LogP contribution in [-0.4, -0.2) is 17.9 Å². The zero-order valence-electron chi connectivity index (χ0n) is 10.5. The molecule has 0 aliphatic heterocycles. The maximum Gasteiger partial charge on any atom is 0.136 e. The number of benzene rings is 1. The molecule has 0 bridgehead atoms. The zero-order chi connectivity index (χ0) is 12.5. The lowest BCUT2D eigenvalue weighted by Gasteiger charge is -2.06. The first kappa shape index (κ1) is 11.3. The van der Waals surface area contributed by atoms with Crippen LogP contribution < -0.4 is 4.74 Å². The molecule has 1 aromatic carbocycles. The maximum atomic E-state index is 11.7. The molecular formula is C15H17NO2. The monoisotopic (exact) mass is 243 g/mol. The molecule has 1 heterocycles. The molecule has 2 aromatic rings. The van der Waals surface area contributed by atoms with Gasteiger partial charge in [-0.3, -0.25) is 4.79 Å². The normalized spacial score (nSPS) is 19.6. The zero-order valence-corrected chi connectivity index (χ0v) is 10.5. The number of methoxy groups -OCH3 is 1. The molecule has 1 aliphatic carbocycles. The quantitative estimate of drug-likeness (QED) is 0.900. The minimum absolute atomic E-state index is 0.228. The third-order valence-electron chi connectivity index (χ3n) is 3.87. The van der Waals surface area contributed by atoms with E-state index in [1.54, 1.807) is 7.11 Å². The Morgan fingerprint density at radius 1 is 1.44 bits per heavy atom. The summed E-state index contributed by atoms with van der Waals surface area (Å²) in [6, 6.07) is 6.03. The molecule has 1 atom stereocenters. The number of Topliss-reactive ketones (excluding diaryl/α,β-unsaturated/α-hetero) is 1. The number of H-pyrrole nitrogens is 1. The van der Waals surface area contributed by atoms with Crippen LogP contribution in [0.3, 0.4) is 0 Å². The minimum atomic E-state index is 0.228. The number of aromatic nitrogens is 1. The molecule has 3 nitrogen and oxygen atoms in total. The molecule has 0 radical (unpaired) electrons. The first-order valence-electron chi connectivity index (χ1n) is 6.44. The van der Waals surface area contributed by atoms with E-state index in [1.165, 1.54) is 10.9 Å². The van der Waals surface area contributed by atoms with Crippen LogP contribution in [-0.2, 0) is 11.2 Å². The Labute approximate surface area is 106 Å². The van der Waals surface area contributed by atoms with Gasteiger partial charge in [0.25, 0.3) is 0 Å². The highest BCUT2D eigenvalue weighted by Crippen LogP contribution is 2.29. The predicted octanol–water partition coefficient (Wildman–Crippen LogP) is 3.09. The summed E-state index contributed by atoms with van der Waals surface area (Å²) in [5.74, 6) is 1.51. The minimum Gasteiger partial charge on any atom is -0.497 e. The first-order valence-corrected chi connectivity index (χ1v) is 6.44. The van der Waals surface area contributed by atoms with E-state index in [0.717, 1.165) is 36.9 Å². The van der Waals surface area contributed by atoms with Crippen molar-refractivity contribution in [1.82, 2.24) is 4.98 Å². The van der Waals surface area contributed by atoms with Gasteiger partial charge in [0.05, 0.1) is 7.11 Å². The van der Waals surface area contributed by atoms with Crippen molar-refractivity contribution >= 4 is 16.7 Å². The Hall–Kier alpha value is -1.77. The molecule has 1 aromatic heterocycles. The smallest absolute Gasteiger partial charge is 0.136 e. The molecule has 0 spiro atoms. The van der Waals surface area contributed by atoms with E-state index in [-0.39, 0.29) is 5.92 Å². The molecule has 0 amide bonds. The third kappa shape index (κ3) is 1.90. The number of fused-ring (bicyclic) bond motifs is 1. The highest BCUT2D eigenvalue weighted by molar-refractivity contribution is 5.87. The molecular weight excluding hydrogens is 226 g/mol. The van der Waals surface area contributed by atoms with Crippen LogP contribution >= 0.6 is 0 Å². The molecule has 1 aliphatic rings. The number of hydrogen-bond donors (Lipinski definition) is 1. The summed E-state index contributed by atoms with van der Waals surface area (Å²) in [5.41, 5.74) is 2.32. The number of hydrogen-bond acceptors (Lipinski definition) is 2. The second kappa shape index (κ2) is 4.48. The largest absolute Gasteiger partial charge is 0.497 e. The van der Waals surface area contributed by atoms with E-state index in [9.17, 15) is 4.79 Å². The summed E-state index contributed by atoms with van der Waals surface area (Å²) in [4.78, 5) is 15.0. The van der Waals surface area contributed by atoms with Gasteiger partial charge in [-0.1, -0.05) is 0 Å². The van der Waals surface area contributed by atoms with Gasteiger partial charge in [-0.15, -0.1) is 0 Å². The fraction of sp³-hybridized carbons (Fsp3) is 0.400. The number of carbonyl (C=O) groups excluding carboxylic acids is 1. The molecule has 1 saturated carbocycles. The van der Waals surface area contributed by atoms with Crippen molar-refractivity contribution in [3.05, 3.63) is 30.0 Å². The lowest BCUT2D eigenvalue weighted by molar-refractivity contribution is -0.120. The van der Waals surface area contributed by atoms with E-state index in [2.05, 4.69) is 11.1 Å². The van der Waals surface area contributed by atoms with Gasteiger partial charge < -0.3 is 9.72 Å². The molecule has 1 fully saturated rings. The molecule has 1 unspecified atom stereocenters. The average Bonchev–Trinajstić information content (AvgIpc) is 2.97. The molecule has 1 N–H and O–H groups in total. The van der Waals surface area contributed by atoms with Crippen LogP contribution in [0.1, 0.15) is 24.8 Å². The summed E-state index contributed by atoms with van der Waals surface area (Å²) in [6.07, 6.45) is 5.75. The second-order valence-electron chi connectivity index (χ2n) is 4.99. The summed E-state index contributed by atoms with van der Waals surface area (Å²) in [6.45, 7) is 0. The first-order chi connectivity index (χ1) is 8.78. The van der Waals surface area contributed by atoms with Crippen LogP contribution in [0.2, 0.25) is 0 Å². The summed E-state index contributed by atoms with van der Waals surface area (Å²) >= 11 is 0. The number of ketones is 1. The average molecular weight is 243 g/mol. The van der Waals surface area contributed by atoms with E-state index in [4.69, 9.17) is 4.74 Å². The topological polar surface area (TPSA) is 42.1 Å². The highest BCUT2D eigenvalue weighted by atomic mass is 16.5. The SMILES string of the molecule is COc1ccc2c(CC3CCCC3=O)c[nH]c2c1. The van der Waals surface area contributed by atoms with Gasteiger partial charge >= 0.3 is 0 Å². The van der Waals surface area contributed by atoms with E-state index >= 15 is 0 Å². The number of nitrogens with one attached hydrogen (secondary N) is 1. The summed E-state index contributed by atoms with van der Waals surface area (Å²) in [5, 5.41) is 1.20. The third-order valence-corrected chi connectivity index (χ3v) is 3.87. The van der Waals surface area contributed by atoms with Crippen molar-refractivity contribution in [1.29, 1.82) is 0 Å². The van der Waals surface area contributed by atoms with Crippen LogP contribution in [0.25, 0.3) is 10.9 Å². The number of rotatable bonds is 3. The molecule has 18 heavy (non-hydrogen) atoms. The van der Waals surface area contributed by atoms with Crippen LogP contribution in [0.4, 0.5) is 0 Å². The van der Waals surface area contributed by atoms with Gasteiger partial charge in [-0.2, -0.15) is 0 Å². The van der Waals surface area contributed by atoms with E-state index in [0.29, 0.717) is 5.78 Å². The molecule has 3 rings (SSSR count). The number of aromatic amines is 1. The Morgan fingerprint density at radius 3 is 3.06 bits per heavy atom. The van der Waals surface area contributed by atoms with Crippen LogP contribution in [0.15, 0.2) is 24.4 Å². The van der Waals surface area contributed by atoms with E-state index in [1.807, 2.05) is 18.3 Å². The predicted molar refractivity (Wildman–Crippen MR) is 70.9 cm³/mol. The number of ether oxygens (including phenoxy) is 1. The van der Waals surface area contributed by atoms with Gasteiger partial charge in [-0.05, 0) is 37.0 Å². The highest BCUT2D eigenvalue weighted by Gasteiger charge is 2.25. The summed E-state index contributed by atoms with van der Waals surface area (Å²) in [7, 11) is 1.67. The standard InChI is InChI=1S/C15H17NO2/c1-18-12-5-6-13-11(9-16-14(13)8-12)7-10-3-2-4-15(10)17/h5-6,8-10,16H,2-4,7H2,1H3.